The summed E-state index contributed by atoms with van der Waals surface area (Å²) in [7, 11) is 0. The first-order valence-electron chi connectivity index (χ1n) is 8.44. The van der Waals surface area contributed by atoms with Gasteiger partial charge in [-0.25, -0.2) is 0 Å². The Balaban J connectivity index is 1.92. The molecule has 2 rings (SSSR count). The zero-order chi connectivity index (χ0) is 15.1. The van der Waals surface area contributed by atoms with Gasteiger partial charge in [0.25, 0.3) is 0 Å². The van der Waals surface area contributed by atoms with Crippen LogP contribution in [-0.2, 0) is 6.54 Å². The lowest BCUT2D eigenvalue weighted by molar-refractivity contribution is -0.707. The maximum absolute atomic E-state index is 5.70. The van der Waals surface area contributed by atoms with Crippen molar-refractivity contribution in [3.63, 3.8) is 0 Å². The maximum Gasteiger partial charge on any atom is 0.161 e. The fourth-order valence-electron chi connectivity index (χ4n) is 3.05. The molecule has 3 nitrogen and oxygen atoms in total. The summed E-state index contributed by atoms with van der Waals surface area (Å²) in [6.07, 6.45) is 5.48. The summed E-state index contributed by atoms with van der Waals surface area (Å²) in [5, 5.41) is 2.50. The van der Waals surface area contributed by atoms with Crippen LogP contribution in [0.15, 0.2) is 18.2 Å². The highest BCUT2D eigenvalue weighted by molar-refractivity contribution is 5.42. The van der Waals surface area contributed by atoms with Crippen LogP contribution in [0.25, 0.3) is 0 Å². The minimum absolute atomic E-state index is 0.672. The third kappa shape index (κ3) is 4.92. The summed E-state index contributed by atoms with van der Waals surface area (Å²) in [5.41, 5.74) is 1.32. The van der Waals surface area contributed by atoms with Gasteiger partial charge < -0.3 is 14.8 Å². The lowest BCUT2D eigenvalue weighted by Crippen LogP contribution is -2.88. The number of hydrogen-bond donors (Lipinski definition) is 1. The molecular formula is C18H30NO2+. The highest BCUT2D eigenvalue weighted by atomic mass is 16.5. The molecule has 0 bridgehead atoms. The molecule has 3 heteroatoms. The smallest absolute Gasteiger partial charge is 0.161 e. The maximum atomic E-state index is 5.70. The molecule has 1 aromatic rings. The number of benzene rings is 1. The Morgan fingerprint density at radius 2 is 1.67 bits per heavy atom. The number of nitrogens with two attached hydrogens (primary N) is 1. The number of quaternary nitrogens is 1. The van der Waals surface area contributed by atoms with Crippen molar-refractivity contribution in [2.75, 3.05) is 13.2 Å². The van der Waals surface area contributed by atoms with Gasteiger partial charge in [-0.1, -0.05) is 6.92 Å². The van der Waals surface area contributed by atoms with Crippen molar-refractivity contribution >= 4 is 0 Å². The Morgan fingerprint density at radius 1 is 1.00 bits per heavy atom. The van der Waals surface area contributed by atoms with Gasteiger partial charge >= 0.3 is 0 Å². The molecule has 0 radical (unpaired) electrons. The molecule has 1 aromatic carbocycles. The zero-order valence-electron chi connectivity index (χ0n) is 13.7. The Morgan fingerprint density at radius 3 is 2.33 bits per heavy atom. The van der Waals surface area contributed by atoms with Crippen molar-refractivity contribution in [3.8, 4) is 11.5 Å². The van der Waals surface area contributed by atoms with Crippen molar-refractivity contribution < 1.29 is 14.8 Å². The van der Waals surface area contributed by atoms with Crippen LogP contribution in [0, 0.1) is 5.92 Å². The minimum Gasteiger partial charge on any atom is -0.490 e. The van der Waals surface area contributed by atoms with Gasteiger partial charge in [0.05, 0.1) is 19.3 Å². The molecule has 0 aliphatic heterocycles. The van der Waals surface area contributed by atoms with Crippen molar-refractivity contribution in [2.45, 2.75) is 59.0 Å². The zero-order valence-corrected chi connectivity index (χ0v) is 13.7. The molecule has 2 N–H and O–H groups in total. The second-order valence-electron chi connectivity index (χ2n) is 6.11. The molecule has 0 heterocycles. The number of hydrogen-bond acceptors (Lipinski definition) is 2. The van der Waals surface area contributed by atoms with Crippen molar-refractivity contribution in [3.05, 3.63) is 23.8 Å². The van der Waals surface area contributed by atoms with E-state index in [0.717, 1.165) is 30.0 Å². The summed E-state index contributed by atoms with van der Waals surface area (Å²) in [4.78, 5) is 0. The van der Waals surface area contributed by atoms with E-state index in [1.54, 1.807) is 0 Å². The molecule has 1 aliphatic rings. The van der Waals surface area contributed by atoms with E-state index in [2.05, 4.69) is 24.4 Å². The summed E-state index contributed by atoms with van der Waals surface area (Å²) >= 11 is 0. The topological polar surface area (TPSA) is 35.1 Å². The summed E-state index contributed by atoms with van der Waals surface area (Å²) < 4.78 is 11.3. The minimum atomic E-state index is 0.672. The van der Waals surface area contributed by atoms with Gasteiger partial charge in [0, 0.05) is 5.56 Å². The van der Waals surface area contributed by atoms with Gasteiger partial charge in [-0.05, 0) is 63.6 Å². The largest absolute Gasteiger partial charge is 0.490 e. The molecule has 0 spiro atoms. The lowest BCUT2D eigenvalue weighted by Gasteiger charge is -2.24. The summed E-state index contributed by atoms with van der Waals surface area (Å²) in [5.74, 6) is 2.65. The van der Waals surface area contributed by atoms with E-state index in [-0.39, 0.29) is 0 Å². The third-order valence-corrected chi connectivity index (χ3v) is 4.36. The second-order valence-corrected chi connectivity index (χ2v) is 6.11. The molecule has 118 valence electrons. The lowest BCUT2D eigenvalue weighted by atomic mass is 9.87. The second kappa shape index (κ2) is 8.28. The van der Waals surface area contributed by atoms with Crippen LogP contribution < -0.4 is 14.8 Å². The molecule has 1 fully saturated rings. The molecule has 1 aliphatic carbocycles. The van der Waals surface area contributed by atoms with Crippen LogP contribution in [0.5, 0.6) is 11.5 Å². The van der Waals surface area contributed by atoms with Gasteiger partial charge in [-0.3, -0.25) is 0 Å². The highest BCUT2D eigenvalue weighted by Gasteiger charge is 2.20. The Hall–Kier alpha value is -1.22. The summed E-state index contributed by atoms with van der Waals surface area (Å²) in [6.45, 7) is 8.77. The molecule has 0 aromatic heterocycles. The molecule has 1 saturated carbocycles. The third-order valence-electron chi connectivity index (χ3n) is 4.36. The summed E-state index contributed by atoms with van der Waals surface area (Å²) in [6, 6.07) is 7.13. The first-order valence-corrected chi connectivity index (χ1v) is 8.44. The normalized spacial score (nSPS) is 22.0. The predicted molar refractivity (Wildman–Crippen MR) is 85.8 cm³/mol. The van der Waals surface area contributed by atoms with Crippen molar-refractivity contribution in [1.29, 1.82) is 0 Å². The van der Waals surface area contributed by atoms with E-state index in [1.807, 2.05) is 19.9 Å². The Bertz CT molecular complexity index is 425. The van der Waals surface area contributed by atoms with Gasteiger partial charge in [0.15, 0.2) is 11.5 Å². The fraction of sp³-hybridized carbons (Fsp3) is 0.667. The number of rotatable bonds is 7. The van der Waals surface area contributed by atoms with Crippen LogP contribution in [0.2, 0.25) is 0 Å². The average Bonchev–Trinajstić information content (AvgIpc) is 2.49. The highest BCUT2D eigenvalue weighted by Crippen LogP contribution is 2.28. The van der Waals surface area contributed by atoms with E-state index >= 15 is 0 Å². The first kappa shape index (κ1) is 16.2. The van der Waals surface area contributed by atoms with Gasteiger partial charge in [-0.15, -0.1) is 0 Å². The quantitative estimate of drug-likeness (QED) is 0.838. The van der Waals surface area contributed by atoms with Crippen LogP contribution in [0.1, 0.15) is 52.0 Å². The predicted octanol–water partition coefficient (Wildman–Crippen LogP) is 3.13. The number of ether oxygens (including phenoxy) is 2. The molecular weight excluding hydrogens is 262 g/mol. The van der Waals surface area contributed by atoms with Crippen LogP contribution in [-0.4, -0.2) is 19.3 Å². The molecule has 0 saturated heterocycles. The van der Waals surface area contributed by atoms with Crippen molar-refractivity contribution in [1.82, 2.24) is 0 Å². The van der Waals surface area contributed by atoms with E-state index in [4.69, 9.17) is 9.47 Å². The van der Waals surface area contributed by atoms with Gasteiger partial charge in [0.1, 0.15) is 6.54 Å². The van der Waals surface area contributed by atoms with E-state index in [1.165, 1.54) is 31.2 Å². The SMILES string of the molecule is CCOc1ccc(C[NH2+]C2CCC(C)CC2)cc1OCC. The molecule has 0 unspecified atom stereocenters. The van der Waals surface area contributed by atoms with Crippen molar-refractivity contribution in [2.24, 2.45) is 5.92 Å². The Kier molecular flexibility index (Phi) is 6.37. The molecule has 21 heavy (non-hydrogen) atoms. The van der Waals surface area contributed by atoms with Crippen LogP contribution in [0.4, 0.5) is 0 Å². The van der Waals surface area contributed by atoms with Gasteiger partial charge in [0.2, 0.25) is 0 Å². The molecule has 0 amide bonds. The average molecular weight is 292 g/mol. The molecule has 0 atom stereocenters. The monoisotopic (exact) mass is 292 g/mol. The van der Waals surface area contributed by atoms with Crippen LogP contribution >= 0.6 is 0 Å². The van der Waals surface area contributed by atoms with E-state index in [0.29, 0.717) is 13.2 Å². The Labute approximate surface area is 129 Å². The first-order chi connectivity index (χ1) is 10.2. The van der Waals surface area contributed by atoms with E-state index < -0.39 is 0 Å². The standard InChI is InChI=1S/C18H29NO2/c1-4-20-17-11-8-15(12-18(17)21-5-2)13-19-16-9-6-14(3)7-10-16/h8,11-12,14,16,19H,4-7,9-10,13H2,1-3H3/p+1. The fourth-order valence-corrected chi connectivity index (χ4v) is 3.05. The van der Waals surface area contributed by atoms with Gasteiger partial charge in [-0.2, -0.15) is 0 Å². The van der Waals surface area contributed by atoms with Crippen LogP contribution in [0.3, 0.4) is 0 Å². The van der Waals surface area contributed by atoms with E-state index in [9.17, 15) is 0 Å².